The van der Waals surface area contributed by atoms with E-state index in [9.17, 15) is 14.8 Å². The predicted molar refractivity (Wildman–Crippen MR) is 126 cm³/mol. The van der Waals surface area contributed by atoms with Crippen molar-refractivity contribution < 1.29 is 10.0 Å². The van der Waals surface area contributed by atoms with E-state index in [1.807, 2.05) is 38.1 Å². The highest BCUT2D eigenvalue weighted by molar-refractivity contribution is 6.02. The molecule has 5 rings (SSSR count). The Morgan fingerprint density at radius 2 is 1.76 bits per heavy atom. The Morgan fingerprint density at radius 3 is 2.41 bits per heavy atom. The number of nitrogens with two attached hydrogens (primary N) is 1. The molecule has 34 heavy (non-hydrogen) atoms. The second-order valence-corrected chi connectivity index (χ2v) is 8.11. The minimum atomic E-state index is -0.780. The van der Waals surface area contributed by atoms with Gasteiger partial charge in [0.1, 0.15) is 5.52 Å². The van der Waals surface area contributed by atoms with Crippen molar-refractivity contribution in [3.05, 3.63) is 82.7 Å². The van der Waals surface area contributed by atoms with Crippen molar-refractivity contribution >= 4 is 17.1 Å². The van der Waals surface area contributed by atoms with E-state index >= 15 is 0 Å². The molecule has 0 unspecified atom stereocenters. The van der Waals surface area contributed by atoms with Crippen LogP contribution in [-0.4, -0.2) is 40.3 Å². The molecule has 0 bridgehead atoms. The molecule has 0 fully saturated rings. The Kier molecular flexibility index (Phi) is 4.97. The number of benzene rings is 2. The monoisotopic (exact) mass is 455 g/mol. The largest absolute Gasteiger partial charge is 0.427 e. The summed E-state index contributed by atoms with van der Waals surface area (Å²) in [7, 11) is 0. The van der Waals surface area contributed by atoms with E-state index in [0.717, 1.165) is 10.3 Å². The lowest BCUT2D eigenvalue weighted by Gasteiger charge is -2.13. The Morgan fingerprint density at radius 1 is 1.06 bits per heavy atom. The molecule has 0 radical (unpaired) electrons. The molecule has 3 heterocycles. The number of hydrogen-bond donors (Lipinski definition) is 3. The zero-order valence-corrected chi connectivity index (χ0v) is 18.4. The van der Waals surface area contributed by atoms with E-state index in [4.69, 9.17) is 5.73 Å². The maximum Gasteiger partial charge on any atom is 0.332 e. The van der Waals surface area contributed by atoms with Gasteiger partial charge in [-0.15, -0.1) is 0 Å². The zero-order chi connectivity index (χ0) is 24.0. The lowest BCUT2D eigenvalue weighted by atomic mass is 10.0. The van der Waals surface area contributed by atoms with Crippen molar-refractivity contribution in [1.82, 2.24) is 29.2 Å². The normalized spacial score (nSPS) is 11.4. The highest BCUT2D eigenvalue weighted by Gasteiger charge is 2.22. The molecule has 5 aromatic rings. The van der Waals surface area contributed by atoms with Crippen molar-refractivity contribution in [3.8, 4) is 28.5 Å². The third-order valence-electron chi connectivity index (χ3n) is 5.59. The standard InChI is InChI=1S/C24H21N7O3/c1-13(2)16-5-3-4-6-17(16)31-23-19(28-24(31)33)18(20(25)32)27-21(29-23)14-7-9-15(10-8-14)22-26-11-12-30(22)34/h3-13,34H,1-2H3,(H2,25,32)(H,28,33). The summed E-state index contributed by atoms with van der Waals surface area (Å²) in [5.74, 6) is -0.0183. The topological polar surface area (TPSA) is 145 Å². The van der Waals surface area contributed by atoms with Crippen LogP contribution in [0.15, 0.2) is 65.7 Å². The third-order valence-corrected chi connectivity index (χ3v) is 5.59. The molecule has 0 saturated carbocycles. The highest BCUT2D eigenvalue weighted by atomic mass is 16.5. The molecule has 0 aliphatic heterocycles. The van der Waals surface area contributed by atoms with Crippen LogP contribution < -0.4 is 11.4 Å². The second kappa shape index (κ2) is 8.00. The lowest BCUT2D eigenvalue weighted by molar-refractivity contribution is 0.0997. The van der Waals surface area contributed by atoms with Gasteiger partial charge in [0.15, 0.2) is 23.0 Å². The van der Waals surface area contributed by atoms with E-state index in [0.29, 0.717) is 22.6 Å². The summed E-state index contributed by atoms with van der Waals surface area (Å²) in [4.78, 5) is 41.0. The fraction of sp³-hybridized carbons (Fsp3) is 0.125. The number of nitrogens with one attached hydrogen (secondary N) is 1. The summed E-state index contributed by atoms with van der Waals surface area (Å²) < 4.78 is 2.37. The number of fused-ring (bicyclic) bond motifs is 1. The number of aromatic nitrogens is 6. The van der Waals surface area contributed by atoms with Gasteiger partial charge < -0.3 is 15.9 Å². The number of amides is 1. The van der Waals surface area contributed by atoms with Crippen LogP contribution in [-0.2, 0) is 0 Å². The molecule has 0 atom stereocenters. The number of carbonyl (C=O) groups is 1. The van der Waals surface area contributed by atoms with Crippen molar-refractivity contribution in [2.45, 2.75) is 19.8 Å². The molecule has 4 N–H and O–H groups in total. The van der Waals surface area contributed by atoms with Gasteiger partial charge in [0.05, 0.1) is 11.9 Å². The molecule has 3 aromatic heterocycles. The summed E-state index contributed by atoms with van der Waals surface area (Å²) in [5.41, 5.74) is 8.42. The number of hydrogen-bond acceptors (Lipinski definition) is 6. The fourth-order valence-corrected chi connectivity index (χ4v) is 3.97. The number of imidazole rings is 2. The average Bonchev–Trinajstić information content (AvgIpc) is 3.40. The number of rotatable bonds is 5. The number of carbonyl (C=O) groups excluding carboxylic acids is 1. The Hall–Kier alpha value is -4.73. The number of aromatic amines is 1. The van der Waals surface area contributed by atoms with Crippen molar-refractivity contribution in [3.63, 3.8) is 0 Å². The van der Waals surface area contributed by atoms with E-state index in [1.54, 1.807) is 24.3 Å². The van der Waals surface area contributed by atoms with E-state index in [1.165, 1.54) is 17.0 Å². The van der Waals surface area contributed by atoms with Crippen LogP contribution in [0.2, 0.25) is 0 Å². The number of primary amides is 1. The summed E-state index contributed by atoms with van der Waals surface area (Å²) in [6, 6.07) is 14.5. The first-order valence-electron chi connectivity index (χ1n) is 10.6. The van der Waals surface area contributed by atoms with E-state index < -0.39 is 11.6 Å². The number of para-hydroxylation sites is 1. The SMILES string of the molecule is CC(C)c1ccccc1-n1c(=O)[nH]c2c(C(N)=O)nc(-c3ccc(-c4nccn4O)cc3)nc21. The summed E-state index contributed by atoms with van der Waals surface area (Å²) in [5, 5.41) is 9.85. The van der Waals surface area contributed by atoms with Gasteiger partial charge in [-0.2, -0.15) is 4.73 Å². The molecule has 170 valence electrons. The van der Waals surface area contributed by atoms with E-state index in [-0.39, 0.29) is 28.6 Å². The van der Waals surface area contributed by atoms with Crippen LogP contribution in [0.25, 0.3) is 39.6 Å². The lowest BCUT2D eigenvalue weighted by Crippen LogP contribution is -2.17. The van der Waals surface area contributed by atoms with Gasteiger partial charge in [0.2, 0.25) is 0 Å². The van der Waals surface area contributed by atoms with Gasteiger partial charge in [0.25, 0.3) is 5.91 Å². The minimum absolute atomic E-state index is 0.0761. The van der Waals surface area contributed by atoms with Gasteiger partial charge >= 0.3 is 5.69 Å². The first-order chi connectivity index (χ1) is 16.3. The van der Waals surface area contributed by atoms with Crippen LogP contribution in [0.3, 0.4) is 0 Å². The van der Waals surface area contributed by atoms with Gasteiger partial charge in [-0.3, -0.25) is 4.79 Å². The maximum atomic E-state index is 13.0. The summed E-state index contributed by atoms with van der Waals surface area (Å²) in [6.07, 6.45) is 2.92. The maximum absolute atomic E-state index is 13.0. The molecule has 10 heteroatoms. The first-order valence-corrected chi connectivity index (χ1v) is 10.6. The summed E-state index contributed by atoms with van der Waals surface area (Å²) >= 11 is 0. The molecule has 2 aromatic carbocycles. The molecular formula is C24H21N7O3. The fourth-order valence-electron chi connectivity index (χ4n) is 3.97. The third kappa shape index (κ3) is 3.41. The second-order valence-electron chi connectivity index (χ2n) is 8.11. The molecule has 0 aliphatic carbocycles. The molecule has 1 amide bonds. The number of nitrogens with zero attached hydrogens (tertiary/aromatic N) is 5. The Labute approximate surface area is 193 Å². The van der Waals surface area contributed by atoms with Gasteiger partial charge in [0, 0.05) is 17.3 Å². The molecule has 0 aliphatic rings. The van der Waals surface area contributed by atoms with Crippen LogP contribution in [0.1, 0.15) is 35.8 Å². The highest BCUT2D eigenvalue weighted by Crippen LogP contribution is 2.27. The Balaban J connectivity index is 1.72. The van der Waals surface area contributed by atoms with Crippen molar-refractivity contribution in [2.24, 2.45) is 5.73 Å². The van der Waals surface area contributed by atoms with Gasteiger partial charge in [-0.05, 0) is 17.5 Å². The summed E-state index contributed by atoms with van der Waals surface area (Å²) in [6.45, 7) is 4.07. The minimum Gasteiger partial charge on any atom is -0.427 e. The van der Waals surface area contributed by atoms with Gasteiger partial charge in [-0.25, -0.2) is 24.3 Å². The van der Waals surface area contributed by atoms with Crippen LogP contribution in [0, 0.1) is 0 Å². The quantitative estimate of drug-likeness (QED) is 0.347. The first kappa shape index (κ1) is 21.1. The van der Waals surface area contributed by atoms with Crippen LogP contribution in [0.5, 0.6) is 0 Å². The van der Waals surface area contributed by atoms with Crippen molar-refractivity contribution in [2.75, 3.05) is 0 Å². The average molecular weight is 455 g/mol. The van der Waals surface area contributed by atoms with E-state index in [2.05, 4.69) is 19.9 Å². The molecule has 10 nitrogen and oxygen atoms in total. The van der Waals surface area contributed by atoms with Gasteiger partial charge in [-0.1, -0.05) is 56.3 Å². The molecule has 0 spiro atoms. The smallest absolute Gasteiger partial charge is 0.332 e. The van der Waals surface area contributed by atoms with Crippen LogP contribution >= 0.6 is 0 Å². The molecule has 0 saturated heterocycles. The zero-order valence-electron chi connectivity index (χ0n) is 18.4. The Bertz CT molecular complexity index is 1590. The van der Waals surface area contributed by atoms with Crippen LogP contribution in [0.4, 0.5) is 0 Å². The molecular weight excluding hydrogens is 434 g/mol. The number of H-pyrrole nitrogens is 1. The van der Waals surface area contributed by atoms with Crippen molar-refractivity contribution in [1.29, 1.82) is 0 Å². The predicted octanol–water partition coefficient (Wildman–Crippen LogP) is 3.10.